The lowest BCUT2D eigenvalue weighted by Gasteiger charge is -2.26. The molecule has 0 radical (unpaired) electrons. The Kier molecular flexibility index (Phi) is 5.82. The summed E-state index contributed by atoms with van der Waals surface area (Å²) in [6.07, 6.45) is 1.12. The van der Waals surface area contributed by atoms with Gasteiger partial charge in [0.05, 0.1) is 12.5 Å². The van der Waals surface area contributed by atoms with Gasteiger partial charge in [-0.25, -0.2) is 4.79 Å². The third-order valence-electron chi connectivity index (χ3n) is 3.23. The van der Waals surface area contributed by atoms with Crippen LogP contribution in [0.15, 0.2) is 17.5 Å². The van der Waals surface area contributed by atoms with E-state index in [1.54, 1.807) is 11.9 Å². The monoisotopic (exact) mass is 283 g/mol. The van der Waals surface area contributed by atoms with Crippen molar-refractivity contribution in [3.63, 3.8) is 0 Å². The molecule has 0 unspecified atom stereocenters. The zero-order valence-electron chi connectivity index (χ0n) is 11.6. The summed E-state index contributed by atoms with van der Waals surface area (Å²) in [5, 5.41) is 4.54. The van der Waals surface area contributed by atoms with Crippen LogP contribution in [0.1, 0.15) is 37.6 Å². The summed E-state index contributed by atoms with van der Waals surface area (Å²) in [6.45, 7) is 4.03. The van der Waals surface area contributed by atoms with Crippen LogP contribution in [0.2, 0.25) is 0 Å². The second kappa shape index (κ2) is 7.13. The summed E-state index contributed by atoms with van der Waals surface area (Å²) in [7, 11) is 1.78. The number of nitrogens with zero attached hydrogens (tertiary/aromatic N) is 1. The molecule has 1 aromatic rings. The van der Waals surface area contributed by atoms with E-state index in [0.717, 1.165) is 11.3 Å². The molecule has 0 aromatic carbocycles. The first-order chi connectivity index (χ1) is 8.95. The van der Waals surface area contributed by atoms with Crippen molar-refractivity contribution in [2.24, 2.45) is 5.73 Å². The van der Waals surface area contributed by atoms with E-state index in [9.17, 15) is 9.59 Å². The van der Waals surface area contributed by atoms with Crippen LogP contribution in [0.25, 0.3) is 0 Å². The maximum atomic E-state index is 12.2. The minimum atomic E-state index is -0.614. The van der Waals surface area contributed by atoms with Crippen LogP contribution in [0.5, 0.6) is 0 Å². The van der Waals surface area contributed by atoms with E-state index in [1.807, 2.05) is 31.4 Å². The maximum Gasteiger partial charge on any atom is 0.312 e. The Hall–Kier alpha value is -1.56. The highest BCUT2D eigenvalue weighted by molar-refractivity contribution is 7.10. The number of amides is 3. The van der Waals surface area contributed by atoms with E-state index in [4.69, 9.17) is 5.73 Å². The third kappa shape index (κ3) is 4.55. The van der Waals surface area contributed by atoms with Gasteiger partial charge < -0.3 is 16.0 Å². The molecule has 19 heavy (non-hydrogen) atoms. The zero-order valence-corrected chi connectivity index (χ0v) is 12.4. The first kappa shape index (κ1) is 15.5. The Morgan fingerprint density at radius 2 is 2.21 bits per heavy atom. The van der Waals surface area contributed by atoms with Crippen molar-refractivity contribution in [1.82, 2.24) is 10.2 Å². The lowest BCUT2D eigenvalue weighted by atomic mass is 10.1. The van der Waals surface area contributed by atoms with E-state index in [-0.39, 0.29) is 24.4 Å². The second-order valence-corrected chi connectivity index (χ2v) is 5.52. The molecule has 0 aliphatic carbocycles. The first-order valence-corrected chi connectivity index (χ1v) is 7.18. The Morgan fingerprint density at radius 1 is 1.53 bits per heavy atom. The molecule has 1 aromatic heterocycles. The molecule has 3 amide bonds. The number of urea groups is 1. The molecule has 5 nitrogen and oxygen atoms in total. The van der Waals surface area contributed by atoms with Crippen molar-refractivity contribution in [3.05, 3.63) is 22.4 Å². The lowest BCUT2D eigenvalue weighted by molar-refractivity contribution is -0.132. The highest BCUT2D eigenvalue weighted by Gasteiger charge is 2.22. The largest absolute Gasteiger partial charge is 0.352 e. The molecule has 1 heterocycles. The molecule has 2 atom stereocenters. The molecule has 3 N–H and O–H groups in total. The number of primary amides is 1. The molecule has 0 aliphatic rings. The summed E-state index contributed by atoms with van der Waals surface area (Å²) in [5.74, 6) is 0.00139. The average molecular weight is 283 g/mol. The molecule has 106 valence electrons. The molecular formula is C13H21N3O2S. The van der Waals surface area contributed by atoms with Crippen LogP contribution < -0.4 is 11.1 Å². The van der Waals surface area contributed by atoms with Crippen molar-refractivity contribution in [1.29, 1.82) is 0 Å². The topological polar surface area (TPSA) is 75.4 Å². The Morgan fingerprint density at radius 3 is 2.68 bits per heavy atom. The number of carbonyl (C=O) groups is 2. The average Bonchev–Trinajstić information content (AvgIpc) is 2.89. The smallest absolute Gasteiger partial charge is 0.312 e. The van der Waals surface area contributed by atoms with E-state index in [0.29, 0.717) is 0 Å². The van der Waals surface area contributed by atoms with Crippen molar-refractivity contribution in [3.8, 4) is 0 Å². The summed E-state index contributed by atoms with van der Waals surface area (Å²) in [5.41, 5.74) is 5.17. The maximum absolute atomic E-state index is 12.2. The molecule has 0 saturated carbocycles. The lowest BCUT2D eigenvalue weighted by Crippen LogP contribution is -2.39. The van der Waals surface area contributed by atoms with E-state index in [2.05, 4.69) is 5.32 Å². The molecule has 0 bridgehead atoms. The highest BCUT2D eigenvalue weighted by atomic mass is 32.1. The number of nitrogens with one attached hydrogen (secondary N) is 1. The van der Waals surface area contributed by atoms with Crippen molar-refractivity contribution >= 4 is 23.3 Å². The minimum Gasteiger partial charge on any atom is -0.352 e. The van der Waals surface area contributed by atoms with Crippen LogP contribution in [-0.2, 0) is 4.79 Å². The van der Waals surface area contributed by atoms with Gasteiger partial charge >= 0.3 is 6.03 Å². The molecule has 0 spiro atoms. The number of hydrogen-bond donors (Lipinski definition) is 2. The summed E-state index contributed by atoms with van der Waals surface area (Å²) in [4.78, 5) is 25.9. The Bertz CT molecular complexity index is 420. The number of rotatable bonds is 6. The molecule has 0 aliphatic heterocycles. The predicted molar refractivity (Wildman–Crippen MR) is 76.9 cm³/mol. The van der Waals surface area contributed by atoms with Gasteiger partial charge in [-0.3, -0.25) is 4.79 Å². The fraction of sp³-hybridized carbons (Fsp3) is 0.538. The predicted octanol–water partition coefficient (Wildman–Crippen LogP) is 2.10. The summed E-state index contributed by atoms with van der Waals surface area (Å²) < 4.78 is 0. The van der Waals surface area contributed by atoms with Gasteiger partial charge in [0.2, 0.25) is 5.91 Å². The van der Waals surface area contributed by atoms with Gasteiger partial charge in [0.25, 0.3) is 0 Å². The van der Waals surface area contributed by atoms with Crippen LogP contribution in [0.3, 0.4) is 0 Å². The fourth-order valence-electron chi connectivity index (χ4n) is 1.72. The Labute approximate surface area is 117 Å². The Balaban J connectivity index is 2.73. The van der Waals surface area contributed by atoms with Crippen molar-refractivity contribution in [2.45, 2.75) is 38.8 Å². The van der Waals surface area contributed by atoms with Gasteiger partial charge in [0, 0.05) is 18.0 Å². The van der Waals surface area contributed by atoms with Crippen LogP contribution >= 0.6 is 11.3 Å². The normalized spacial score (nSPS) is 13.6. The van der Waals surface area contributed by atoms with Crippen molar-refractivity contribution in [2.75, 3.05) is 7.05 Å². The van der Waals surface area contributed by atoms with Crippen LogP contribution in [0.4, 0.5) is 4.79 Å². The minimum absolute atomic E-state index is 0.00139. The second-order valence-electron chi connectivity index (χ2n) is 4.54. The van der Waals surface area contributed by atoms with Gasteiger partial charge in [-0.2, -0.15) is 0 Å². The standard InChI is InChI=1S/C13H21N3O2S/c1-4-9(2)16(3)12(17)8-10(15-13(14)18)11-6-5-7-19-11/h5-7,9-10H,4,8H2,1-3H3,(H3,14,15,18)/t9-,10-/m0/s1. The summed E-state index contributed by atoms with van der Waals surface area (Å²) >= 11 is 1.50. The third-order valence-corrected chi connectivity index (χ3v) is 4.21. The number of nitrogens with two attached hydrogens (primary N) is 1. The summed E-state index contributed by atoms with van der Waals surface area (Å²) in [6, 6.07) is 3.00. The molecule has 1 rings (SSSR count). The number of hydrogen-bond acceptors (Lipinski definition) is 3. The first-order valence-electron chi connectivity index (χ1n) is 6.30. The number of thiophene rings is 1. The van der Waals surface area contributed by atoms with Crippen LogP contribution in [0, 0.1) is 0 Å². The van der Waals surface area contributed by atoms with Gasteiger partial charge in [-0.05, 0) is 24.8 Å². The van der Waals surface area contributed by atoms with Gasteiger partial charge in [0.1, 0.15) is 0 Å². The molecule has 6 heteroatoms. The van der Waals surface area contributed by atoms with Crippen LogP contribution in [-0.4, -0.2) is 29.9 Å². The van der Waals surface area contributed by atoms with Gasteiger partial charge in [-0.1, -0.05) is 13.0 Å². The van der Waals surface area contributed by atoms with E-state index < -0.39 is 6.03 Å². The molecule has 0 fully saturated rings. The van der Waals surface area contributed by atoms with E-state index >= 15 is 0 Å². The zero-order chi connectivity index (χ0) is 14.4. The fourth-order valence-corrected chi connectivity index (χ4v) is 2.50. The van der Waals surface area contributed by atoms with Gasteiger partial charge in [0.15, 0.2) is 0 Å². The SMILES string of the molecule is CC[C@H](C)N(C)C(=O)C[C@H](NC(N)=O)c1cccs1. The van der Waals surface area contributed by atoms with Gasteiger partial charge in [-0.15, -0.1) is 11.3 Å². The molecular weight excluding hydrogens is 262 g/mol. The van der Waals surface area contributed by atoms with E-state index in [1.165, 1.54) is 11.3 Å². The quantitative estimate of drug-likeness (QED) is 0.839. The highest BCUT2D eigenvalue weighted by Crippen LogP contribution is 2.23. The number of carbonyl (C=O) groups excluding carboxylic acids is 2. The van der Waals surface area contributed by atoms with Crippen molar-refractivity contribution < 1.29 is 9.59 Å². The molecule has 0 saturated heterocycles.